The number of hydrogen-bond acceptors (Lipinski definition) is 1. The second-order valence-corrected chi connectivity index (χ2v) is 4.08. The summed E-state index contributed by atoms with van der Waals surface area (Å²) >= 11 is 0. The summed E-state index contributed by atoms with van der Waals surface area (Å²) in [6.07, 6.45) is 2.43. The van der Waals surface area contributed by atoms with Crippen molar-refractivity contribution in [2.75, 3.05) is 7.11 Å². The Labute approximate surface area is 117 Å². The molecule has 0 spiro atoms. The molecule has 0 aliphatic carbocycles. The van der Waals surface area contributed by atoms with E-state index < -0.39 is 0 Å². The van der Waals surface area contributed by atoms with Crippen LogP contribution in [0.2, 0.25) is 0 Å². The molecule has 0 heterocycles. The molecule has 86 valence electrons. The normalized spacial score (nSPS) is 12.1. The number of hydrogen-bond donors (Lipinski definition) is 0. The van der Waals surface area contributed by atoms with Gasteiger partial charge in [0.15, 0.2) is 0 Å². The van der Waals surface area contributed by atoms with Crippen LogP contribution in [0.5, 0.6) is 0 Å². The van der Waals surface area contributed by atoms with Crippen LogP contribution in [0.15, 0.2) is 42.5 Å². The SMILES string of the molecule is CCCC(OC)c1cccc2ccccc12.[H-].[Li+]. The minimum absolute atomic E-state index is 0. The summed E-state index contributed by atoms with van der Waals surface area (Å²) in [5.74, 6) is 0. The second-order valence-electron chi connectivity index (χ2n) is 4.08. The van der Waals surface area contributed by atoms with Crippen LogP contribution in [-0.4, -0.2) is 7.11 Å². The topological polar surface area (TPSA) is 9.23 Å². The van der Waals surface area contributed by atoms with Gasteiger partial charge in [0.25, 0.3) is 0 Å². The van der Waals surface area contributed by atoms with Gasteiger partial charge in [0.05, 0.1) is 6.10 Å². The van der Waals surface area contributed by atoms with Crippen LogP contribution in [0.3, 0.4) is 0 Å². The number of fused-ring (bicyclic) bond motifs is 1. The molecule has 0 saturated carbocycles. The molecule has 0 fully saturated rings. The van der Waals surface area contributed by atoms with Crippen molar-refractivity contribution in [1.82, 2.24) is 0 Å². The first-order chi connectivity index (χ1) is 7.86. The van der Waals surface area contributed by atoms with Crippen molar-refractivity contribution in [2.24, 2.45) is 0 Å². The van der Waals surface area contributed by atoms with Crippen molar-refractivity contribution in [2.45, 2.75) is 25.9 Å². The molecule has 0 radical (unpaired) electrons. The summed E-state index contributed by atoms with van der Waals surface area (Å²) in [4.78, 5) is 0. The molecule has 2 heteroatoms. The fraction of sp³-hybridized carbons (Fsp3) is 0.333. The zero-order chi connectivity index (χ0) is 11.4. The van der Waals surface area contributed by atoms with Crippen LogP contribution < -0.4 is 18.9 Å². The van der Waals surface area contributed by atoms with E-state index in [1.54, 1.807) is 7.11 Å². The predicted octanol–water partition coefficient (Wildman–Crippen LogP) is 1.44. The molecule has 17 heavy (non-hydrogen) atoms. The smallest absolute Gasteiger partial charge is 1.00 e. The molecule has 1 atom stereocenters. The molecule has 0 bridgehead atoms. The van der Waals surface area contributed by atoms with Gasteiger partial charge >= 0.3 is 18.9 Å². The van der Waals surface area contributed by atoms with Gasteiger partial charge < -0.3 is 6.16 Å². The molecule has 0 amide bonds. The minimum Gasteiger partial charge on any atom is -1.00 e. The minimum atomic E-state index is 0. The van der Waals surface area contributed by atoms with Crippen LogP contribution in [0.4, 0.5) is 0 Å². The van der Waals surface area contributed by atoms with E-state index >= 15 is 0 Å². The Balaban J connectivity index is 0.00000144. The molecule has 0 saturated heterocycles. The largest absolute Gasteiger partial charge is 1.00 e. The van der Waals surface area contributed by atoms with Gasteiger partial charge in [-0.25, -0.2) is 0 Å². The zero-order valence-corrected chi connectivity index (χ0v) is 10.9. The maximum absolute atomic E-state index is 5.58. The van der Waals surface area contributed by atoms with Crippen molar-refractivity contribution in [1.29, 1.82) is 0 Å². The third-order valence-electron chi connectivity index (χ3n) is 3.01. The third kappa shape index (κ3) is 3.13. The van der Waals surface area contributed by atoms with Crippen molar-refractivity contribution in [3.63, 3.8) is 0 Å². The van der Waals surface area contributed by atoms with Crippen LogP contribution in [0, 0.1) is 0 Å². The van der Waals surface area contributed by atoms with Gasteiger partial charge in [-0.1, -0.05) is 55.8 Å². The first kappa shape index (κ1) is 14.3. The fourth-order valence-corrected chi connectivity index (χ4v) is 2.19. The van der Waals surface area contributed by atoms with Gasteiger partial charge in [-0.05, 0) is 22.8 Å². The summed E-state index contributed by atoms with van der Waals surface area (Å²) in [6, 6.07) is 14.9. The van der Waals surface area contributed by atoms with E-state index in [9.17, 15) is 0 Å². The van der Waals surface area contributed by atoms with Crippen molar-refractivity contribution in [3.8, 4) is 0 Å². The molecule has 2 aromatic rings. The van der Waals surface area contributed by atoms with E-state index in [4.69, 9.17) is 4.74 Å². The van der Waals surface area contributed by atoms with E-state index in [-0.39, 0.29) is 26.4 Å². The summed E-state index contributed by atoms with van der Waals surface area (Å²) in [7, 11) is 1.79. The Bertz CT molecular complexity index is 468. The zero-order valence-electron chi connectivity index (χ0n) is 11.9. The average molecular weight is 222 g/mol. The van der Waals surface area contributed by atoms with Gasteiger partial charge in [-0.3, -0.25) is 0 Å². The third-order valence-corrected chi connectivity index (χ3v) is 3.01. The van der Waals surface area contributed by atoms with Crippen LogP contribution in [-0.2, 0) is 4.74 Å². The Morgan fingerprint density at radius 3 is 2.53 bits per heavy atom. The molecule has 1 nitrogen and oxygen atoms in total. The van der Waals surface area contributed by atoms with Crippen molar-refractivity contribution < 1.29 is 25.0 Å². The van der Waals surface area contributed by atoms with Gasteiger partial charge in [-0.15, -0.1) is 0 Å². The Kier molecular flexibility index (Phi) is 5.78. The quantitative estimate of drug-likeness (QED) is 0.711. The van der Waals surface area contributed by atoms with Gasteiger partial charge in [0, 0.05) is 7.11 Å². The standard InChI is InChI=1S/C15H18O.Li.H/c1-3-7-15(16-2)14-11-6-9-12-8-4-5-10-13(12)14;;/h4-6,8-11,15H,3,7H2,1-2H3;;/q;+1;-1. The molecular formula is C15H19LiO. The summed E-state index contributed by atoms with van der Waals surface area (Å²) < 4.78 is 5.58. The maximum Gasteiger partial charge on any atom is 1.00 e. The molecule has 2 rings (SSSR count). The van der Waals surface area contributed by atoms with Crippen molar-refractivity contribution >= 4 is 10.8 Å². The van der Waals surface area contributed by atoms with Gasteiger partial charge in [-0.2, -0.15) is 0 Å². The molecule has 0 aliphatic rings. The molecular weight excluding hydrogens is 203 g/mol. The van der Waals surface area contributed by atoms with Crippen molar-refractivity contribution in [3.05, 3.63) is 48.0 Å². The monoisotopic (exact) mass is 222 g/mol. The predicted molar refractivity (Wildman–Crippen MR) is 69.7 cm³/mol. The Morgan fingerprint density at radius 2 is 1.82 bits per heavy atom. The summed E-state index contributed by atoms with van der Waals surface area (Å²) in [6.45, 7) is 2.19. The van der Waals surface area contributed by atoms with Crippen LogP contribution in [0.25, 0.3) is 10.8 Å². The number of ether oxygens (including phenoxy) is 1. The Morgan fingerprint density at radius 1 is 1.12 bits per heavy atom. The Hall–Kier alpha value is -0.743. The second kappa shape index (κ2) is 6.86. The summed E-state index contributed by atoms with van der Waals surface area (Å²) in [5, 5.41) is 2.60. The van der Waals surface area contributed by atoms with Crippen LogP contribution >= 0.6 is 0 Å². The van der Waals surface area contributed by atoms with E-state index in [0.717, 1.165) is 12.8 Å². The summed E-state index contributed by atoms with van der Waals surface area (Å²) in [5.41, 5.74) is 1.31. The molecule has 2 aromatic carbocycles. The number of benzene rings is 2. The average Bonchev–Trinajstić information content (AvgIpc) is 2.35. The van der Waals surface area contributed by atoms with E-state index in [1.165, 1.54) is 16.3 Å². The van der Waals surface area contributed by atoms with E-state index in [0.29, 0.717) is 0 Å². The number of rotatable bonds is 4. The molecule has 1 unspecified atom stereocenters. The first-order valence-corrected chi connectivity index (χ1v) is 5.87. The van der Waals surface area contributed by atoms with Gasteiger partial charge in [0.1, 0.15) is 0 Å². The fourth-order valence-electron chi connectivity index (χ4n) is 2.19. The van der Waals surface area contributed by atoms with Gasteiger partial charge in [0.2, 0.25) is 0 Å². The van der Waals surface area contributed by atoms with E-state index in [1.807, 2.05) is 0 Å². The number of methoxy groups -OCH3 is 1. The van der Waals surface area contributed by atoms with Crippen LogP contribution in [0.1, 0.15) is 32.9 Å². The molecule has 0 aliphatic heterocycles. The van der Waals surface area contributed by atoms with E-state index in [2.05, 4.69) is 49.4 Å². The maximum atomic E-state index is 5.58. The molecule has 0 aromatic heterocycles. The molecule has 0 N–H and O–H groups in total. The first-order valence-electron chi connectivity index (χ1n) is 5.87.